The molecule has 0 N–H and O–H groups in total. The summed E-state index contributed by atoms with van der Waals surface area (Å²) >= 11 is 0. The van der Waals surface area contributed by atoms with Crippen LogP contribution in [0.1, 0.15) is 57.4 Å². The Labute approximate surface area is 222 Å². The molecule has 7 nitrogen and oxygen atoms in total. The van der Waals surface area contributed by atoms with E-state index in [-0.39, 0.29) is 30.3 Å². The molecule has 8 heteroatoms. The summed E-state index contributed by atoms with van der Waals surface area (Å²) in [6.07, 6.45) is 7.23. The Morgan fingerprint density at radius 2 is 1.59 bits per heavy atom. The first-order valence-corrected chi connectivity index (χ1v) is 14.9. The fourth-order valence-electron chi connectivity index (χ4n) is 4.43. The molecule has 0 spiro atoms. The van der Waals surface area contributed by atoms with Crippen molar-refractivity contribution in [1.82, 2.24) is 4.90 Å². The largest absolute Gasteiger partial charge is 0.497 e. The molecule has 1 saturated heterocycles. The molecule has 1 aliphatic heterocycles. The summed E-state index contributed by atoms with van der Waals surface area (Å²) in [6.45, 7) is 5.61. The average molecular weight is 532 g/mol. The smallest absolute Gasteiger partial charge is 0.305 e. The molecule has 1 heterocycles. The number of ether oxygens (including phenoxy) is 3. The predicted molar refractivity (Wildman–Crippen MR) is 145 cm³/mol. The molecule has 2 aromatic rings. The Balaban J connectivity index is 1.64. The molecule has 0 radical (unpaired) electrons. The number of esters is 1. The van der Waals surface area contributed by atoms with E-state index in [2.05, 4.69) is 4.90 Å². The van der Waals surface area contributed by atoms with Gasteiger partial charge in [0.05, 0.1) is 12.0 Å². The maximum absolute atomic E-state index is 13.5. The third-order valence-corrected chi connectivity index (χ3v) is 8.86. The highest BCUT2D eigenvalue weighted by molar-refractivity contribution is 7.92. The van der Waals surface area contributed by atoms with Crippen molar-refractivity contribution in [2.75, 3.05) is 40.0 Å². The van der Waals surface area contributed by atoms with Gasteiger partial charge in [0.2, 0.25) is 0 Å². The summed E-state index contributed by atoms with van der Waals surface area (Å²) < 4.78 is 43.5. The number of rotatable bonds is 14. The van der Waals surface area contributed by atoms with Gasteiger partial charge >= 0.3 is 5.97 Å². The minimum absolute atomic E-state index is 0.177. The quantitative estimate of drug-likeness (QED) is 0.315. The fraction of sp³-hybridized carbons (Fsp3) is 0.552. The lowest BCUT2D eigenvalue weighted by Gasteiger charge is -2.20. The van der Waals surface area contributed by atoms with Crippen LogP contribution in [0.25, 0.3) is 0 Å². The van der Waals surface area contributed by atoms with Crippen LogP contribution >= 0.6 is 0 Å². The van der Waals surface area contributed by atoms with Gasteiger partial charge in [-0.25, -0.2) is 8.42 Å². The van der Waals surface area contributed by atoms with Gasteiger partial charge in [-0.3, -0.25) is 9.69 Å². The number of unbranched alkanes of at least 4 members (excludes halogenated alkanes) is 1. The maximum Gasteiger partial charge on any atom is 0.305 e. The van der Waals surface area contributed by atoms with Crippen molar-refractivity contribution in [2.45, 2.75) is 68.4 Å². The molecule has 0 amide bonds. The van der Waals surface area contributed by atoms with E-state index in [0.717, 1.165) is 37.4 Å². The van der Waals surface area contributed by atoms with E-state index >= 15 is 0 Å². The van der Waals surface area contributed by atoms with Gasteiger partial charge in [0.25, 0.3) is 0 Å². The second kappa shape index (κ2) is 15.0. The Hall–Kier alpha value is -2.58. The topological polar surface area (TPSA) is 82.1 Å². The molecule has 0 aliphatic carbocycles. The van der Waals surface area contributed by atoms with E-state index in [1.807, 2.05) is 31.2 Å². The monoisotopic (exact) mass is 531 g/mol. The van der Waals surface area contributed by atoms with Crippen LogP contribution in [-0.4, -0.2) is 64.5 Å². The van der Waals surface area contributed by atoms with Gasteiger partial charge < -0.3 is 14.2 Å². The Kier molecular flexibility index (Phi) is 11.7. The van der Waals surface area contributed by atoms with Gasteiger partial charge in [0, 0.05) is 13.0 Å². The van der Waals surface area contributed by atoms with E-state index in [4.69, 9.17) is 14.2 Å². The van der Waals surface area contributed by atoms with Crippen molar-refractivity contribution >= 4 is 15.8 Å². The summed E-state index contributed by atoms with van der Waals surface area (Å²) in [6, 6.07) is 13.8. The zero-order valence-corrected chi connectivity index (χ0v) is 23.0. The average Bonchev–Trinajstić information content (AvgIpc) is 3.19. The van der Waals surface area contributed by atoms with Crippen LogP contribution in [0.5, 0.6) is 11.5 Å². The highest BCUT2D eigenvalue weighted by Gasteiger charge is 2.29. The van der Waals surface area contributed by atoms with Crippen LogP contribution < -0.4 is 9.47 Å². The van der Waals surface area contributed by atoms with Gasteiger partial charge in [0.15, 0.2) is 9.84 Å². The van der Waals surface area contributed by atoms with E-state index in [0.29, 0.717) is 18.8 Å². The summed E-state index contributed by atoms with van der Waals surface area (Å²) in [5, 5.41) is -0.902. The molecule has 0 aromatic heterocycles. The highest BCUT2D eigenvalue weighted by atomic mass is 32.2. The number of benzene rings is 2. The van der Waals surface area contributed by atoms with Crippen LogP contribution in [-0.2, 0) is 25.8 Å². The molecular formula is C29H41NO6S. The van der Waals surface area contributed by atoms with Gasteiger partial charge in [0.1, 0.15) is 30.0 Å². The lowest BCUT2D eigenvalue weighted by molar-refractivity contribution is -0.143. The van der Waals surface area contributed by atoms with Crippen molar-refractivity contribution < 1.29 is 27.4 Å². The van der Waals surface area contributed by atoms with Crippen LogP contribution in [0.2, 0.25) is 0 Å². The molecular weight excluding hydrogens is 490 g/mol. The van der Waals surface area contributed by atoms with E-state index in [1.165, 1.54) is 44.9 Å². The van der Waals surface area contributed by atoms with Crippen molar-refractivity contribution in [2.24, 2.45) is 0 Å². The lowest BCUT2D eigenvalue weighted by Crippen LogP contribution is -2.30. The van der Waals surface area contributed by atoms with Gasteiger partial charge in [-0.1, -0.05) is 38.3 Å². The van der Waals surface area contributed by atoms with Crippen molar-refractivity contribution in [3.05, 3.63) is 54.1 Å². The summed E-state index contributed by atoms with van der Waals surface area (Å²) in [7, 11) is -2.22. The minimum Gasteiger partial charge on any atom is -0.497 e. The highest BCUT2D eigenvalue weighted by Crippen LogP contribution is 2.24. The Morgan fingerprint density at radius 3 is 2.22 bits per heavy atom. The standard InChI is InChI=1S/C29H41NO6S/c1-3-4-9-29(31)36-23-28(37(32,33)27-16-14-25(34-2)15-17-27)22-24-10-12-26(13-11-24)35-21-20-30-18-7-5-6-8-19-30/h10-17,28H,3-9,18-23H2,1-2H3. The molecule has 2 aromatic carbocycles. The molecule has 0 bridgehead atoms. The first kappa shape index (κ1) is 29.0. The van der Waals surface area contributed by atoms with Crippen LogP contribution in [0.15, 0.2) is 53.4 Å². The van der Waals surface area contributed by atoms with Crippen LogP contribution in [0.3, 0.4) is 0 Å². The summed E-state index contributed by atoms with van der Waals surface area (Å²) in [4.78, 5) is 14.8. The number of carbonyl (C=O) groups is 1. The number of likely N-dealkylation sites (tertiary alicyclic amines) is 1. The Bertz CT molecular complexity index is 1040. The Morgan fingerprint density at radius 1 is 0.946 bits per heavy atom. The molecule has 1 fully saturated rings. The number of nitrogens with zero attached hydrogens (tertiary/aromatic N) is 1. The van der Waals surface area contributed by atoms with E-state index in [1.54, 1.807) is 12.1 Å². The third-order valence-electron chi connectivity index (χ3n) is 6.75. The van der Waals surface area contributed by atoms with E-state index < -0.39 is 15.1 Å². The second-order valence-corrected chi connectivity index (χ2v) is 11.8. The van der Waals surface area contributed by atoms with Gasteiger partial charge in [-0.2, -0.15) is 0 Å². The zero-order chi connectivity index (χ0) is 26.5. The summed E-state index contributed by atoms with van der Waals surface area (Å²) in [5.74, 6) is 0.969. The molecule has 37 heavy (non-hydrogen) atoms. The molecule has 1 unspecified atom stereocenters. The first-order chi connectivity index (χ1) is 17.9. The summed E-state index contributed by atoms with van der Waals surface area (Å²) in [5.41, 5.74) is 0.839. The normalized spacial score (nSPS) is 15.5. The minimum atomic E-state index is -3.75. The molecule has 3 rings (SSSR count). The third kappa shape index (κ3) is 9.34. The lowest BCUT2D eigenvalue weighted by atomic mass is 10.1. The van der Waals surface area contributed by atoms with Gasteiger partial charge in [-0.15, -0.1) is 0 Å². The molecule has 1 atom stereocenters. The van der Waals surface area contributed by atoms with Crippen LogP contribution in [0.4, 0.5) is 0 Å². The molecule has 1 aliphatic rings. The van der Waals surface area contributed by atoms with Crippen molar-refractivity contribution in [3.63, 3.8) is 0 Å². The molecule has 204 valence electrons. The maximum atomic E-state index is 13.5. The number of methoxy groups -OCH3 is 1. The van der Waals surface area contributed by atoms with Crippen molar-refractivity contribution in [3.8, 4) is 11.5 Å². The van der Waals surface area contributed by atoms with Crippen LogP contribution in [0, 0.1) is 0 Å². The number of carbonyl (C=O) groups excluding carboxylic acids is 1. The predicted octanol–water partition coefficient (Wildman–Crippen LogP) is 5.07. The van der Waals surface area contributed by atoms with E-state index in [9.17, 15) is 13.2 Å². The van der Waals surface area contributed by atoms with Gasteiger partial charge in [-0.05, 0) is 80.7 Å². The number of hydrogen-bond donors (Lipinski definition) is 0. The number of sulfone groups is 1. The fourth-order valence-corrected chi connectivity index (χ4v) is 5.99. The van der Waals surface area contributed by atoms with Crippen molar-refractivity contribution in [1.29, 1.82) is 0 Å². The SMILES string of the molecule is CCCCC(=O)OCC(Cc1ccc(OCCN2CCCCCC2)cc1)S(=O)(=O)c1ccc(OC)cc1. The number of hydrogen-bond acceptors (Lipinski definition) is 7. The zero-order valence-electron chi connectivity index (χ0n) is 22.2. The second-order valence-electron chi connectivity index (χ2n) is 9.58. The molecule has 0 saturated carbocycles. The first-order valence-electron chi connectivity index (χ1n) is 13.4.